The van der Waals surface area contributed by atoms with Crippen LogP contribution < -0.4 is 10.6 Å². The predicted molar refractivity (Wildman–Crippen MR) is 74.5 cm³/mol. The zero-order chi connectivity index (χ0) is 13.7. The fourth-order valence-corrected chi connectivity index (χ4v) is 3.58. The van der Waals surface area contributed by atoms with Crippen LogP contribution >= 0.6 is 11.8 Å². The summed E-state index contributed by atoms with van der Waals surface area (Å²) in [5.41, 5.74) is 0. The minimum Gasteiger partial charge on any atom is -0.481 e. The van der Waals surface area contributed by atoms with Crippen LogP contribution in [0.3, 0.4) is 0 Å². The lowest BCUT2D eigenvalue weighted by molar-refractivity contribution is -0.137. The molecule has 0 spiro atoms. The van der Waals surface area contributed by atoms with Crippen molar-refractivity contribution < 1.29 is 14.7 Å². The summed E-state index contributed by atoms with van der Waals surface area (Å²) in [6.07, 6.45) is 1.92. The number of piperidine rings is 1. The third kappa shape index (κ3) is 4.28. The Morgan fingerprint density at radius 1 is 1.37 bits per heavy atom. The van der Waals surface area contributed by atoms with E-state index in [1.54, 1.807) is 16.7 Å². The number of hydrogen-bond acceptors (Lipinski definition) is 4. The minimum absolute atomic E-state index is 0.0344. The number of amides is 2. The van der Waals surface area contributed by atoms with E-state index >= 15 is 0 Å². The first-order valence-electron chi connectivity index (χ1n) is 6.74. The van der Waals surface area contributed by atoms with Crippen molar-refractivity contribution in [2.24, 2.45) is 0 Å². The molecule has 3 N–H and O–H groups in total. The molecule has 0 aromatic heterocycles. The van der Waals surface area contributed by atoms with E-state index in [2.05, 4.69) is 10.6 Å². The third-order valence-corrected chi connectivity index (χ3v) is 4.66. The molecule has 0 saturated carbocycles. The lowest BCUT2D eigenvalue weighted by Gasteiger charge is -2.36. The second-order valence-electron chi connectivity index (χ2n) is 4.99. The fourth-order valence-electron chi connectivity index (χ4n) is 2.52. The van der Waals surface area contributed by atoms with E-state index in [1.165, 1.54) is 0 Å². The molecule has 0 bridgehead atoms. The van der Waals surface area contributed by atoms with Crippen LogP contribution in [-0.2, 0) is 4.79 Å². The Bertz CT molecular complexity index is 334. The predicted octanol–water partition coefficient (Wildman–Crippen LogP) is 0.340. The molecule has 2 amide bonds. The molecule has 2 rings (SSSR count). The van der Waals surface area contributed by atoms with Crippen molar-refractivity contribution in [1.29, 1.82) is 0 Å². The summed E-state index contributed by atoms with van der Waals surface area (Å²) < 4.78 is 0. The van der Waals surface area contributed by atoms with Crippen molar-refractivity contribution in [2.75, 3.05) is 31.1 Å². The van der Waals surface area contributed by atoms with Gasteiger partial charge in [0, 0.05) is 24.1 Å². The van der Waals surface area contributed by atoms with Crippen LogP contribution in [-0.4, -0.2) is 65.2 Å². The lowest BCUT2D eigenvalue weighted by Crippen LogP contribution is -2.54. The molecule has 2 aliphatic heterocycles. The number of carbonyl (C=O) groups excluding carboxylic acids is 1. The van der Waals surface area contributed by atoms with Gasteiger partial charge in [-0.05, 0) is 25.9 Å². The van der Waals surface area contributed by atoms with Crippen molar-refractivity contribution in [2.45, 2.75) is 31.3 Å². The number of nitrogens with one attached hydrogen (secondary N) is 2. The second kappa shape index (κ2) is 7.00. The fraction of sp³-hybridized carbons (Fsp3) is 0.833. The smallest absolute Gasteiger partial charge is 0.317 e. The summed E-state index contributed by atoms with van der Waals surface area (Å²) in [4.78, 5) is 24.8. The van der Waals surface area contributed by atoms with Crippen molar-refractivity contribution in [3.63, 3.8) is 0 Å². The summed E-state index contributed by atoms with van der Waals surface area (Å²) in [6, 6.07) is -0.0646. The Hall–Kier alpha value is -0.950. The van der Waals surface area contributed by atoms with E-state index < -0.39 is 5.97 Å². The van der Waals surface area contributed by atoms with Crippen LogP contribution in [0.25, 0.3) is 0 Å². The van der Waals surface area contributed by atoms with E-state index in [0.717, 1.165) is 31.7 Å². The van der Waals surface area contributed by atoms with Gasteiger partial charge in [0.25, 0.3) is 0 Å². The molecule has 2 fully saturated rings. The number of aliphatic carboxylic acids is 1. The maximum Gasteiger partial charge on any atom is 0.317 e. The van der Waals surface area contributed by atoms with Crippen LogP contribution in [0.15, 0.2) is 0 Å². The van der Waals surface area contributed by atoms with Gasteiger partial charge < -0.3 is 20.6 Å². The molecule has 2 heterocycles. The highest BCUT2D eigenvalue weighted by atomic mass is 32.2. The first-order chi connectivity index (χ1) is 9.16. The van der Waals surface area contributed by atoms with Crippen LogP contribution in [0, 0.1) is 0 Å². The first-order valence-corrected chi connectivity index (χ1v) is 7.89. The number of carboxylic acid groups (broad SMARTS) is 1. The standard InChI is InChI=1S/C12H21N3O3S/c16-11(17)7-10-8-19-6-5-15(10)12(18)14-9-1-3-13-4-2-9/h9-10,13H,1-8H2,(H,14,18)(H,16,17). The van der Waals surface area contributed by atoms with Crippen molar-refractivity contribution >= 4 is 23.8 Å². The van der Waals surface area contributed by atoms with Crippen molar-refractivity contribution in [3.05, 3.63) is 0 Å². The van der Waals surface area contributed by atoms with Gasteiger partial charge in [-0.3, -0.25) is 4.79 Å². The average Bonchev–Trinajstić information content (AvgIpc) is 2.39. The van der Waals surface area contributed by atoms with Crippen molar-refractivity contribution in [3.8, 4) is 0 Å². The number of carboxylic acids is 1. The molecule has 0 aromatic rings. The quantitative estimate of drug-likeness (QED) is 0.697. The molecule has 19 heavy (non-hydrogen) atoms. The third-order valence-electron chi connectivity index (χ3n) is 3.57. The highest BCUT2D eigenvalue weighted by molar-refractivity contribution is 7.99. The molecule has 0 aliphatic carbocycles. The number of rotatable bonds is 3. The van der Waals surface area contributed by atoms with Gasteiger partial charge >= 0.3 is 12.0 Å². The Balaban J connectivity index is 1.88. The van der Waals surface area contributed by atoms with Gasteiger partial charge in [0.1, 0.15) is 0 Å². The zero-order valence-electron chi connectivity index (χ0n) is 10.9. The number of nitrogens with zero attached hydrogens (tertiary/aromatic N) is 1. The Morgan fingerprint density at radius 2 is 2.11 bits per heavy atom. The summed E-state index contributed by atoms with van der Waals surface area (Å²) in [7, 11) is 0. The Labute approximate surface area is 117 Å². The molecule has 108 valence electrons. The van der Waals surface area contributed by atoms with Gasteiger partial charge in [0.15, 0.2) is 0 Å². The van der Waals surface area contributed by atoms with Gasteiger partial charge in [0.05, 0.1) is 12.5 Å². The second-order valence-corrected chi connectivity index (χ2v) is 6.14. The minimum atomic E-state index is -0.841. The largest absolute Gasteiger partial charge is 0.481 e. The molecule has 1 unspecified atom stereocenters. The van der Waals surface area contributed by atoms with Gasteiger partial charge in [-0.15, -0.1) is 0 Å². The number of hydrogen-bond donors (Lipinski definition) is 3. The molecular formula is C12H21N3O3S. The molecule has 0 radical (unpaired) electrons. The highest BCUT2D eigenvalue weighted by Crippen LogP contribution is 2.19. The maximum absolute atomic E-state index is 12.3. The molecule has 2 saturated heterocycles. The number of urea groups is 1. The average molecular weight is 287 g/mol. The normalized spacial score (nSPS) is 25.1. The molecular weight excluding hydrogens is 266 g/mol. The van der Waals surface area contributed by atoms with Crippen LogP contribution in [0.2, 0.25) is 0 Å². The van der Waals surface area contributed by atoms with Crippen molar-refractivity contribution in [1.82, 2.24) is 15.5 Å². The van der Waals surface area contributed by atoms with E-state index in [1.807, 2.05) is 0 Å². The SMILES string of the molecule is O=C(O)CC1CSCCN1C(=O)NC1CCNCC1. The van der Waals surface area contributed by atoms with Gasteiger partial charge in [-0.2, -0.15) is 11.8 Å². The number of thioether (sulfide) groups is 1. The molecule has 0 aromatic carbocycles. The Morgan fingerprint density at radius 3 is 2.79 bits per heavy atom. The van der Waals surface area contributed by atoms with E-state index in [-0.39, 0.29) is 24.5 Å². The van der Waals surface area contributed by atoms with Crippen LogP contribution in [0.4, 0.5) is 4.79 Å². The van der Waals surface area contributed by atoms with E-state index in [9.17, 15) is 9.59 Å². The first kappa shape index (κ1) is 14.5. The van der Waals surface area contributed by atoms with Gasteiger partial charge in [-0.25, -0.2) is 4.79 Å². The molecule has 1 atom stereocenters. The summed E-state index contributed by atoms with van der Waals surface area (Å²) in [5.74, 6) is 0.758. The molecule has 7 heteroatoms. The molecule has 2 aliphatic rings. The van der Waals surface area contributed by atoms with E-state index in [0.29, 0.717) is 12.3 Å². The van der Waals surface area contributed by atoms with E-state index in [4.69, 9.17) is 5.11 Å². The van der Waals surface area contributed by atoms with Gasteiger partial charge in [-0.1, -0.05) is 0 Å². The topological polar surface area (TPSA) is 81.7 Å². The zero-order valence-corrected chi connectivity index (χ0v) is 11.7. The summed E-state index contributed by atoms with van der Waals surface area (Å²) in [5, 5.41) is 15.2. The summed E-state index contributed by atoms with van der Waals surface area (Å²) in [6.45, 7) is 2.50. The monoisotopic (exact) mass is 287 g/mol. The Kier molecular flexibility index (Phi) is 5.33. The lowest BCUT2D eigenvalue weighted by atomic mass is 10.1. The van der Waals surface area contributed by atoms with Gasteiger partial charge in [0.2, 0.25) is 0 Å². The van der Waals surface area contributed by atoms with Crippen LogP contribution in [0.5, 0.6) is 0 Å². The maximum atomic E-state index is 12.3. The van der Waals surface area contributed by atoms with Crippen LogP contribution in [0.1, 0.15) is 19.3 Å². The summed E-state index contributed by atoms with van der Waals surface area (Å²) >= 11 is 1.72. The molecule has 6 nitrogen and oxygen atoms in total. The number of carbonyl (C=O) groups is 2. The highest BCUT2D eigenvalue weighted by Gasteiger charge is 2.30.